The molecule has 4 heteroatoms. The molecule has 0 radical (unpaired) electrons. The first-order valence-corrected chi connectivity index (χ1v) is 4.83. The standard InChI is InChI=1S/C10H10BrN3/c1-14(2)7-8(5-12)10-4-3-9(11)6-13-10/h3-4,6-7H,1-2H3. The molecule has 0 aliphatic carbocycles. The Morgan fingerprint density at radius 2 is 2.29 bits per heavy atom. The molecule has 0 bridgehead atoms. The Kier molecular flexibility index (Phi) is 3.66. The van der Waals surface area contributed by atoms with Gasteiger partial charge in [-0.2, -0.15) is 5.26 Å². The van der Waals surface area contributed by atoms with Crippen LogP contribution in [0.2, 0.25) is 0 Å². The molecule has 0 N–H and O–H groups in total. The van der Waals surface area contributed by atoms with Gasteiger partial charge in [-0.25, -0.2) is 0 Å². The molecule has 0 saturated heterocycles. The molecule has 14 heavy (non-hydrogen) atoms. The molecule has 1 aromatic rings. The van der Waals surface area contributed by atoms with Crippen molar-refractivity contribution in [1.29, 1.82) is 5.26 Å². The van der Waals surface area contributed by atoms with Crippen LogP contribution in [0.3, 0.4) is 0 Å². The van der Waals surface area contributed by atoms with Gasteiger partial charge in [0.1, 0.15) is 6.07 Å². The van der Waals surface area contributed by atoms with Gasteiger partial charge in [-0.3, -0.25) is 4.98 Å². The molecule has 3 nitrogen and oxygen atoms in total. The van der Waals surface area contributed by atoms with E-state index < -0.39 is 0 Å². The Morgan fingerprint density at radius 1 is 1.57 bits per heavy atom. The van der Waals surface area contributed by atoms with E-state index >= 15 is 0 Å². The van der Waals surface area contributed by atoms with E-state index in [1.165, 1.54) is 0 Å². The third kappa shape index (κ3) is 2.86. The summed E-state index contributed by atoms with van der Waals surface area (Å²) < 4.78 is 0.906. The molecular weight excluding hydrogens is 242 g/mol. The Bertz CT molecular complexity index is 373. The van der Waals surface area contributed by atoms with Gasteiger partial charge < -0.3 is 4.90 Å². The first-order valence-electron chi connectivity index (χ1n) is 4.04. The molecule has 0 atom stereocenters. The molecule has 0 unspecified atom stereocenters. The molecule has 1 rings (SSSR count). The Balaban J connectivity index is 3.03. The minimum absolute atomic E-state index is 0.558. The zero-order valence-electron chi connectivity index (χ0n) is 8.03. The molecule has 0 spiro atoms. The second-order valence-corrected chi connectivity index (χ2v) is 3.90. The van der Waals surface area contributed by atoms with Crippen molar-refractivity contribution in [3.8, 4) is 6.07 Å². The fourth-order valence-electron chi connectivity index (χ4n) is 0.946. The zero-order chi connectivity index (χ0) is 10.6. The minimum atomic E-state index is 0.558. The lowest BCUT2D eigenvalue weighted by molar-refractivity contribution is 0.566. The largest absolute Gasteiger partial charge is 0.382 e. The normalized spacial score (nSPS) is 10.9. The molecule has 1 heterocycles. The summed E-state index contributed by atoms with van der Waals surface area (Å²) in [5, 5.41) is 8.90. The fraction of sp³-hybridized carbons (Fsp3) is 0.200. The highest BCUT2D eigenvalue weighted by molar-refractivity contribution is 9.10. The van der Waals surface area contributed by atoms with Crippen LogP contribution < -0.4 is 0 Å². The van der Waals surface area contributed by atoms with E-state index in [-0.39, 0.29) is 0 Å². The average molecular weight is 252 g/mol. The van der Waals surface area contributed by atoms with Gasteiger partial charge >= 0.3 is 0 Å². The van der Waals surface area contributed by atoms with Crippen molar-refractivity contribution in [2.75, 3.05) is 14.1 Å². The van der Waals surface area contributed by atoms with Crippen molar-refractivity contribution in [3.05, 3.63) is 34.7 Å². The summed E-state index contributed by atoms with van der Waals surface area (Å²) in [6.45, 7) is 0. The van der Waals surface area contributed by atoms with Gasteiger partial charge in [0.25, 0.3) is 0 Å². The summed E-state index contributed by atoms with van der Waals surface area (Å²) in [5.74, 6) is 0. The van der Waals surface area contributed by atoms with E-state index in [0.29, 0.717) is 11.3 Å². The number of aromatic nitrogens is 1. The Hall–Kier alpha value is -1.34. The lowest BCUT2D eigenvalue weighted by Crippen LogP contribution is -2.02. The molecule has 1 aromatic heterocycles. The van der Waals surface area contributed by atoms with E-state index in [4.69, 9.17) is 5.26 Å². The third-order valence-corrected chi connectivity index (χ3v) is 1.98. The molecule has 0 aromatic carbocycles. The monoisotopic (exact) mass is 251 g/mol. The Labute approximate surface area is 91.8 Å². The molecular formula is C10H10BrN3. The number of hydrogen-bond donors (Lipinski definition) is 0. The SMILES string of the molecule is CN(C)C=C(C#N)c1ccc(Br)cn1. The van der Waals surface area contributed by atoms with E-state index in [1.807, 2.05) is 31.1 Å². The first-order chi connectivity index (χ1) is 6.63. The highest BCUT2D eigenvalue weighted by Crippen LogP contribution is 2.14. The predicted molar refractivity (Wildman–Crippen MR) is 59.2 cm³/mol. The lowest BCUT2D eigenvalue weighted by atomic mass is 10.2. The number of pyridine rings is 1. The highest BCUT2D eigenvalue weighted by Gasteiger charge is 2.01. The average Bonchev–Trinajstić information content (AvgIpc) is 2.15. The van der Waals surface area contributed by atoms with E-state index in [0.717, 1.165) is 4.47 Å². The zero-order valence-corrected chi connectivity index (χ0v) is 9.62. The number of hydrogen-bond acceptors (Lipinski definition) is 3. The molecule has 0 aliphatic rings. The summed E-state index contributed by atoms with van der Waals surface area (Å²) in [7, 11) is 3.74. The molecule has 0 fully saturated rings. The van der Waals surface area contributed by atoms with Crippen LogP contribution in [0.15, 0.2) is 29.0 Å². The van der Waals surface area contributed by atoms with Gasteiger partial charge in [0.15, 0.2) is 0 Å². The molecule has 0 amide bonds. The molecule has 0 aliphatic heterocycles. The van der Waals surface area contributed by atoms with Gasteiger partial charge in [0.05, 0.1) is 11.3 Å². The second-order valence-electron chi connectivity index (χ2n) is 2.98. The van der Waals surface area contributed by atoms with Crippen molar-refractivity contribution < 1.29 is 0 Å². The predicted octanol–water partition coefficient (Wildman–Crippen LogP) is 2.27. The summed E-state index contributed by atoms with van der Waals surface area (Å²) >= 11 is 3.29. The summed E-state index contributed by atoms with van der Waals surface area (Å²) in [6.07, 6.45) is 3.42. The van der Waals surface area contributed by atoms with Gasteiger partial charge in [-0.15, -0.1) is 0 Å². The maximum absolute atomic E-state index is 8.90. The fourth-order valence-corrected chi connectivity index (χ4v) is 1.18. The number of halogens is 1. The number of nitrogens with zero attached hydrogens (tertiary/aromatic N) is 3. The van der Waals surface area contributed by atoms with Gasteiger partial charge in [0.2, 0.25) is 0 Å². The van der Waals surface area contributed by atoms with E-state index in [1.54, 1.807) is 12.4 Å². The van der Waals surface area contributed by atoms with Crippen LogP contribution in [0, 0.1) is 11.3 Å². The summed E-state index contributed by atoms with van der Waals surface area (Å²) in [4.78, 5) is 5.96. The van der Waals surface area contributed by atoms with Crippen molar-refractivity contribution >= 4 is 21.5 Å². The Morgan fingerprint density at radius 3 is 2.71 bits per heavy atom. The van der Waals surface area contributed by atoms with E-state index in [2.05, 4.69) is 27.0 Å². The van der Waals surface area contributed by atoms with Crippen LogP contribution in [0.4, 0.5) is 0 Å². The number of allylic oxidation sites excluding steroid dienone is 1. The van der Waals surface area contributed by atoms with Gasteiger partial charge in [-0.05, 0) is 28.1 Å². The van der Waals surface area contributed by atoms with Crippen LogP contribution in [-0.2, 0) is 0 Å². The molecule has 0 saturated carbocycles. The maximum Gasteiger partial charge on any atom is 0.103 e. The van der Waals surface area contributed by atoms with Crippen LogP contribution in [0.25, 0.3) is 5.57 Å². The number of rotatable bonds is 2. The first kappa shape index (κ1) is 10.7. The quantitative estimate of drug-likeness (QED) is 0.758. The second kappa shape index (κ2) is 4.77. The molecule has 72 valence electrons. The van der Waals surface area contributed by atoms with Gasteiger partial charge in [-0.1, -0.05) is 0 Å². The highest BCUT2D eigenvalue weighted by atomic mass is 79.9. The maximum atomic E-state index is 8.90. The van der Waals surface area contributed by atoms with Gasteiger partial charge in [0, 0.05) is 31.0 Å². The van der Waals surface area contributed by atoms with Crippen molar-refractivity contribution in [3.63, 3.8) is 0 Å². The van der Waals surface area contributed by atoms with Crippen molar-refractivity contribution in [2.45, 2.75) is 0 Å². The summed E-state index contributed by atoms with van der Waals surface area (Å²) in [6, 6.07) is 5.78. The van der Waals surface area contributed by atoms with Crippen molar-refractivity contribution in [1.82, 2.24) is 9.88 Å². The topological polar surface area (TPSA) is 39.9 Å². The van der Waals surface area contributed by atoms with E-state index in [9.17, 15) is 0 Å². The number of nitriles is 1. The third-order valence-electron chi connectivity index (χ3n) is 1.51. The lowest BCUT2D eigenvalue weighted by Gasteiger charge is -2.05. The minimum Gasteiger partial charge on any atom is -0.382 e. The van der Waals surface area contributed by atoms with Crippen molar-refractivity contribution in [2.24, 2.45) is 0 Å². The van der Waals surface area contributed by atoms with Crippen LogP contribution in [-0.4, -0.2) is 24.0 Å². The van der Waals surface area contributed by atoms with Crippen LogP contribution in [0.5, 0.6) is 0 Å². The summed E-state index contributed by atoms with van der Waals surface area (Å²) in [5.41, 5.74) is 1.24. The smallest absolute Gasteiger partial charge is 0.103 e. The van der Waals surface area contributed by atoms with Crippen LogP contribution in [0.1, 0.15) is 5.69 Å². The van der Waals surface area contributed by atoms with Crippen LogP contribution >= 0.6 is 15.9 Å².